The number of nitrogens with zero attached hydrogens (tertiary/aromatic N) is 2. The number of halogens is 3. The largest absolute Gasteiger partial charge is 0.497 e. The molecule has 0 saturated heterocycles. The fourth-order valence-corrected chi connectivity index (χ4v) is 1.69. The molecule has 0 aliphatic heterocycles. The minimum absolute atomic E-state index is 0.0834. The number of hydrogen-bond acceptors (Lipinski definition) is 4. The maximum Gasteiger partial charge on any atom is 0.255 e. The molecule has 4 nitrogen and oxygen atoms in total. The van der Waals surface area contributed by atoms with Crippen molar-refractivity contribution in [3.63, 3.8) is 0 Å². The van der Waals surface area contributed by atoms with E-state index in [2.05, 4.69) is 5.10 Å². The van der Waals surface area contributed by atoms with E-state index < -0.39 is 9.58 Å². The normalized spacial score (nSPS) is 13.0. The molecule has 0 unspecified atom stereocenters. The first-order valence-electron chi connectivity index (χ1n) is 6.55. The SMILES string of the molecule is COc1ccc(/C(=N/N(C)C(C)(C)C)C(=O)C(Cl)(Cl)Cl)cc1. The molecule has 1 aromatic rings. The lowest BCUT2D eigenvalue weighted by atomic mass is 10.1. The van der Waals surface area contributed by atoms with E-state index in [0.29, 0.717) is 11.3 Å². The summed E-state index contributed by atoms with van der Waals surface area (Å²) in [5, 5.41) is 6.00. The number of Topliss-reactive ketones (excluding diaryl/α,β-unsaturated/α-hetero) is 1. The van der Waals surface area contributed by atoms with Crippen LogP contribution in [0.4, 0.5) is 0 Å². The molecule has 0 atom stereocenters. The molecule has 7 heteroatoms. The Morgan fingerprint density at radius 3 is 2.00 bits per heavy atom. The molecule has 1 aromatic carbocycles. The summed E-state index contributed by atoms with van der Waals surface area (Å²) < 4.78 is 3.03. The maximum absolute atomic E-state index is 12.4. The van der Waals surface area contributed by atoms with Crippen molar-refractivity contribution in [1.82, 2.24) is 5.01 Å². The second-order valence-electron chi connectivity index (χ2n) is 5.70. The van der Waals surface area contributed by atoms with Gasteiger partial charge in [-0.1, -0.05) is 34.8 Å². The van der Waals surface area contributed by atoms with E-state index in [9.17, 15) is 4.79 Å². The zero-order chi connectivity index (χ0) is 17.1. The van der Waals surface area contributed by atoms with Gasteiger partial charge in [-0.2, -0.15) is 5.10 Å². The summed E-state index contributed by atoms with van der Waals surface area (Å²) in [7, 11) is 3.32. The lowest BCUT2D eigenvalue weighted by Crippen LogP contribution is -2.37. The summed E-state index contributed by atoms with van der Waals surface area (Å²) in [6.07, 6.45) is 0. The Morgan fingerprint density at radius 2 is 1.64 bits per heavy atom. The Bertz CT molecular complexity index is 558. The van der Waals surface area contributed by atoms with Gasteiger partial charge in [0.1, 0.15) is 11.5 Å². The first-order chi connectivity index (χ1) is 9.96. The highest BCUT2D eigenvalue weighted by molar-refractivity contribution is 6.83. The molecular weight excluding hydrogens is 347 g/mol. The molecule has 0 spiro atoms. The highest BCUT2D eigenvalue weighted by Crippen LogP contribution is 2.29. The summed E-state index contributed by atoms with van der Waals surface area (Å²) in [6.45, 7) is 5.88. The van der Waals surface area contributed by atoms with Crippen LogP contribution in [0, 0.1) is 0 Å². The second kappa shape index (κ2) is 7.07. The third-order valence-corrected chi connectivity index (χ3v) is 3.57. The lowest BCUT2D eigenvalue weighted by Gasteiger charge is -2.30. The van der Waals surface area contributed by atoms with Crippen molar-refractivity contribution in [3.8, 4) is 5.75 Å². The third kappa shape index (κ3) is 5.04. The van der Waals surface area contributed by atoms with Gasteiger partial charge in [0.15, 0.2) is 0 Å². The summed E-state index contributed by atoms with van der Waals surface area (Å²) in [5.74, 6) is -0.0209. The zero-order valence-electron chi connectivity index (χ0n) is 13.2. The van der Waals surface area contributed by atoms with Crippen LogP contribution in [0.2, 0.25) is 0 Å². The smallest absolute Gasteiger partial charge is 0.255 e. The Hall–Kier alpha value is -0.970. The number of carbonyl (C=O) groups excluding carboxylic acids is 1. The van der Waals surface area contributed by atoms with E-state index in [4.69, 9.17) is 39.5 Å². The van der Waals surface area contributed by atoms with Crippen LogP contribution in [0.1, 0.15) is 26.3 Å². The molecular formula is C15H19Cl3N2O2. The quantitative estimate of drug-likeness (QED) is 0.459. The lowest BCUT2D eigenvalue weighted by molar-refractivity contribution is -0.112. The number of hydrazone groups is 1. The van der Waals surface area contributed by atoms with Gasteiger partial charge in [0.2, 0.25) is 5.78 Å². The predicted octanol–water partition coefficient (Wildman–Crippen LogP) is 4.07. The van der Waals surface area contributed by atoms with E-state index in [0.717, 1.165) is 0 Å². The molecule has 0 aliphatic carbocycles. The third-order valence-electron chi connectivity index (χ3n) is 3.06. The van der Waals surface area contributed by atoms with E-state index >= 15 is 0 Å². The van der Waals surface area contributed by atoms with Crippen LogP contribution in [-0.4, -0.2) is 40.0 Å². The number of carbonyl (C=O) groups is 1. The molecule has 0 saturated carbocycles. The van der Waals surface area contributed by atoms with E-state index in [1.807, 2.05) is 20.8 Å². The average molecular weight is 366 g/mol. The van der Waals surface area contributed by atoms with Gasteiger partial charge >= 0.3 is 0 Å². The Balaban J connectivity index is 3.33. The Kier molecular flexibility index (Phi) is 6.13. The van der Waals surface area contributed by atoms with Crippen LogP contribution in [0.15, 0.2) is 29.4 Å². The molecule has 22 heavy (non-hydrogen) atoms. The van der Waals surface area contributed by atoms with Gasteiger partial charge in [-0.25, -0.2) is 0 Å². The second-order valence-corrected chi connectivity index (χ2v) is 7.98. The molecule has 0 amide bonds. The molecule has 0 heterocycles. The molecule has 0 bridgehead atoms. The fourth-order valence-electron chi connectivity index (χ4n) is 1.42. The van der Waals surface area contributed by atoms with E-state index in [-0.39, 0.29) is 11.3 Å². The molecule has 0 aromatic heterocycles. The predicted molar refractivity (Wildman–Crippen MR) is 92.3 cm³/mol. The standard InChI is InChI=1S/C15H19Cl3N2O2/c1-14(2,3)20(4)19-12(13(21)15(16,17)18)10-6-8-11(22-5)9-7-10/h6-9H,1-5H3/b19-12-. The number of benzene rings is 1. The van der Waals surface area contributed by atoms with E-state index in [1.54, 1.807) is 43.4 Å². The van der Waals surface area contributed by atoms with Crippen LogP contribution in [0.3, 0.4) is 0 Å². The average Bonchev–Trinajstić information content (AvgIpc) is 2.42. The number of ether oxygens (including phenoxy) is 1. The van der Waals surface area contributed by atoms with Crippen molar-refractivity contribution in [3.05, 3.63) is 29.8 Å². The van der Waals surface area contributed by atoms with E-state index in [1.165, 1.54) is 0 Å². The van der Waals surface area contributed by atoms with Crippen LogP contribution < -0.4 is 4.74 Å². The number of rotatable bonds is 4. The summed E-state index contributed by atoms with van der Waals surface area (Å²) in [6, 6.07) is 6.83. The first-order valence-corrected chi connectivity index (χ1v) is 7.68. The topological polar surface area (TPSA) is 41.9 Å². The number of ketones is 1. The number of hydrogen-bond donors (Lipinski definition) is 0. The van der Waals surface area contributed by atoms with Gasteiger partial charge in [0.05, 0.1) is 7.11 Å². The fraction of sp³-hybridized carbons (Fsp3) is 0.467. The van der Waals surface area contributed by atoms with Crippen LogP contribution in [0.5, 0.6) is 5.75 Å². The van der Waals surface area contributed by atoms with Crippen molar-refractivity contribution in [2.45, 2.75) is 30.1 Å². The number of methoxy groups -OCH3 is 1. The number of alkyl halides is 3. The van der Waals surface area contributed by atoms with Gasteiger partial charge < -0.3 is 4.74 Å². The van der Waals surface area contributed by atoms with Crippen molar-refractivity contribution in [1.29, 1.82) is 0 Å². The minimum Gasteiger partial charge on any atom is -0.497 e. The van der Waals surface area contributed by atoms with Crippen LogP contribution in [0.25, 0.3) is 0 Å². The first kappa shape index (κ1) is 19.1. The Labute approximate surface area is 146 Å². The highest BCUT2D eigenvalue weighted by Gasteiger charge is 2.36. The van der Waals surface area contributed by atoms with Gasteiger partial charge in [-0.3, -0.25) is 9.80 Å². The van der Waals surface area contributed by atoms with Crippen molar-refractivity contribution >= 4 is 46.3 Å². The van der Waals surface area contributed by atoms with Crippen molar-refractivity contribution in [2.24, 2.45) is 5.10 Å². The molecule has 1 rings (SSSR count). The molecule has 0 N–H and O–H groups in total. The zero-order valence-corrected chi connectivity index (χ0v) is 15.4. The monoisotopic (exact) mass is 364 g/mol. The maximum atomic E-state index is 12.4. The van der Waals surface area contributed by atoms with Crippen LogP contribution in [-0.2, 0) is 4.79 Å². The molecule has 0 aliphatic rings. The van der Waals surface area contributed by atoms with Gasteiger partial charge in [0.25, 0.3) is 3.79 Å². The minimum atomic E-state index is -2.07. The summed E-state index contributed by atoms with van der Waals surface area (Å²) in [4.78, 5) is 12.4. The summed E-state index contributed by atoms with van der Waals surface area (Å²) in [5.41, 5.74) is 0.347. The van der Waals surface area contributed by atoms with Gasteiger partial charge in [-0.15, -0.1) is 0 Å². The van der Waals surface area contributed by atoms with Crippen molar-refractivity contribution < 1.29 is 9.53 Å². The molecule has 122 valence electrons. The van der Waals surface area contributed by atoms with Gasteiger partial charge in [-0.05, 0) is 45.0 Å². The van der Waals surface area contributed by atoms with Crippen molar-refractivity contribution in [2.75, 3.05) is 14.2 Å². The molecule has 0 radical (unpaired) electrons. The van der Waals surface area contributed by atoms with Crippen LogP contribution >= 0.6 is 34.8 Å². The molecule has 0 fully saturated rings. The summed E-state index contributed by atoms with van der Waals surface area (Å²) >= 11 is 17.2. The highest BCUT2D eigenvalue weighted by atomic mass is 35.6. The Morgan fingerprint density at radius 1 is 1.14 bits per heavy atom. The van der Waals surface area contributed by atoms with Gasteiger partial charge in [0, 0.05) is 18.2 Å².